The maximum Gasteiger partial charge on any atom is 0.337 e. The molecule has 4 nitrogen and oxygen atoms in total. The van der Waals surface area contributed by atoms with Gasteiger partial charge in [0.05, 0.1) is 12.2 Å². The van der Waals surface area contributed by atoms with Crippen LogP contribution >= 0.6 is 0 Å². The summed E-state index contributed by atoms with van der Waals surface area (Å²) in [5.41, 5.74) is 1.11. The van der Waals surface area contributed by atoms with Crippen LogP contribution in [0.3, 0.4) is 0 Å². The van der Waals surface area contributed by atoms with E-state index < -0.39 is 17.5 Å². The first-order valence-corrected chi connectivity index (χ1v) is 6.32. The molecule has 0 aromatic heterocycles. The van der Waals surface area contributed by atoms with Crippen LogP contribution in [0.5, 0.6) is 0 Å². The van der Waals surface area contributed by atoms with Crippen molar-refractivity contribution >= 4 is 17.8 Å². The number of benzene rings is 1. The SMILES string of the molecule is CCOC(=O)/C(C)=C(/O)C(=O)/C(C)=C/c1ccccc1. The standard InChI is InChI=1S/C16H18O4/c1-4-20-16(19)12(3)15(18)14(17)11(2)10-13-8-6-5-7-9-13/h5-10,18H,4H2,1-3H3/b11-10+,15-12+. The highest BCUT2D eigenvalue weighted by Crippen LogP contribution is 2.13. The van der Waals surface area contributed by atoms with E-state index in [0.29, 0.717) is 5.57 Å². The van der Waals surface area contributed by atoms with Crippen molar-refractivity contribution in [1.82, 2.24) is 0 Å². The Morgan fingerprint density at radius 2 is 1.80 bits per heavy atom. The van der Waals surface area contributed by atoms with Gasteiger partial charge in [-0.25, -0.2) is 4.79 Å². The molecule has 0 atom stereocenters. The van der Waals surface area contributed by atoms with E-state index in [1.807, 2.05) is 30.3 Å². The van der Waals surface area contributed by atoms with Crippen molar-refractivity contribution in [3.8, 4) is 0 Å². The van der Waals surface area contributed by atoms with Crippen molar-refractivity contribution in [1.29, 1.82) is 0 Å². The monoisotopic (exact) mass is 274 g/mol. The highest BCUT2D eigenvalue weighted by atomic mass is 16.5. The molecule has 20 heavy (non-hydrogen) atoms. The Bertz CT molecular complexity index is 553. The second-order valence-electron chi connectivity index (χ2n) is 4.26. The molecular formula is C16H18O4. The van der Waals surface area contributed by atoms with Crippen LogP contribution in [0.15, 0.2) is 47.2 Å². The molecule has 0 bridgehead atoms. The molecule has 1 aromatic carbocycles. The lowest BCUT2D eigenvalue weighted by Gasteiger charge is -2.05. The third kappa shape index (κ3) is 4.09. The fourth-order valence-electron chi connectivity index (χ4n) is 1.56. The number of esters is 1. The first-order valence-electron chi connectivity index (χ1n) is 6.32. The van der Waals surface area contributed by atoms with Gasteiger partial charge < -0.3 is 9.84 Å². The minimum atomic E-state index is -0.689. The molecule has 1 N–H and O–H groups in total. The molecule has 0 radical (unpaired) electrons. The summed E-state index contributed by atoms with van der Waals surface area (Å²) in [6, 6.07) is 9.26. The summed E-state index contributed by atoms with van der Waals surface area (Å²) >= 11 is 0. The maximum absolute atomic E-state index is 12.0. The highest BCUT2D eigenvalue weighted by molar-refractivity contribution is 6.12. The molecule has 0 saturated carbocycles. The summed E-state index contributed by atoms with van der Waals surface area (Å²) in [4.78, 5) is 23.5. The molecular weight excluding hydrogens is 256 g/mol. The van der Waals surface area contributed by atoms with E-state index in [4.69, 9.17) is 4.74 Å². The van der Waals surface area contributed by atoms with Crippen molar-refractivity contribution in [2.45, 2.75) is 20.8 Å². The van der Waals surface area contributed by atoms with Crippen molar-refractivity contribution in [3.63, 3.8) is 0 Å². The summed E-state index contributed by atoms with van der Waals surface area (Å²) in [5.74, 6) is -1.85. The molecule has 0 spiro atoms. The number of ether oxygens (including phenoxy) is 1. The quantitative estimate of drug-likeness (QED) is 0.509. The van der Waals surface area contributed by atoms with E-state index in [2.05, 4.69) is 0 Å². The van der Waals surface area contributed by atoms with Gasteiger partial charge in [0.2, 0.25) is 5.78 Å². The first kappa shape index (κ1) is 15.7. The zero-order chi connectivity index (χ0) is 15.1. The van der Waals surface area contributed by atoms with Gasteiger partial charge in [0.25, 0.3) is 0 Å². The van der Waals surface area contributed by atoms with Crippen molar-refractivity contribution < 1.29 is 19.4 Å². The van der Waals surface area contributed by atoms with Gasteiger partial charge in [-0.15, -0.1) is 0 Å². The number of allylic oxidation sites excluding steroid dienone is 1. The summed E-state index contributed by atoms with van der Waals surface area (Å²) < 4.78 is 4.74. The Balaban J connectivity index is 2.97. The normalized spacial score (nSPS) is 12.7. The molecule has 0 aliphatic rings. The van der Waals surface area contributed by atoms with E-state index in [-0.39, 0.29) is 12.2 Å². The van der Waals surface area contributed by atoms with Crippen molar-refractivity contribution in [2.75, 3.05) is 6.61 Å². The lowest BCUT2D eigenvalue weighted by Crippen LogP contribution is -2.13. The van der Waals surface area contributed by atoms with Gasteiger partial charge in [0.1, 0.15) is 0 Å². The summed E-state index contributed by atoms with van der Waals surface area (Å²) in [7, 11) is 0. The van der Waals surface area contributed by atoms with E-state index in [0.717, 1.165) is 5.56 Å². The number of hydrogen-bond donors (Lipinski definition) is 1. The average molecular weight is 274 g/mol. The van der Waals surface area contributed by atoms with Crippen LogP contribution in [0.1, 0.15) is 26.3 Å². The predicted molar refractivity (Wildman–Crippen MR) is 77.1 cm³/mol. The number of Topliss-reactive ketones (excluding diaryl/α,β-unsaturated/α-hetero) is 1. The van der Waals surface area contributed by atoms with Crippen LogP contribution in [0, 0.1) is 0 Å². The fraction of sp³-hybridized carbons (Fsp3) is 0.250. The molecule has 1 aromatic rings. The number of rotatable bonds is 5. The molecule has 0 unspecified atom stereocenters. The van der Waals surface area contributed by atoms with Crippen LogP contribution in [0.2, 0.25) is 0 Å². The molecule has 0 fully saturated rings. The molecule has 0 aliphatic carbocycles. The number of carbonyl (C=O) groups is 2. The predicted octanol–water partition coefficient (Wildman–Crippen LogP) is 3.05. The van der Waals surface area contributed by atoms with Gasteiger partial charge in [-0.05, 0) is 32.4 Å². The minimum absolute atomic E-state index is 0.0855. The van der Waals surface area contributed by atoms with Gasteiger partial charge in [-0.3, -0.25) is 4.79 Å². The number of hydrogen-bond acceptors (Lipinski definition) is 4. The lowest BCUT2D eigenvalue weighted by molar-refractivity contribution is -0.139. The van der Waals surface area contributed by atoms with Gasteiger partial charge in [0.15, 0.2) is 5.76 Å². The molecule has 1 rings (SSSR count). The molecule has 0 heterocycles. The Morgan fingerprint density at radius 1 is 1.20 bits per heavy atom. The number of carbonyl (C=O) groups excluding carboxylic acids is 2. The van der Waals surface area contributed by atoms with E-state index in [1.54, 1.807) is 19.9 Å². The van der Waals surface area contributed by atoms with Crippen LogP contribution in [-0.4, -0.2) is 23.5 Å². The summed E-state index contributed by atoms with van der Waals surface area (Å²) in [6.07, 6.45) is 1.65. The van der Waals surface area contributed by atoms with Crippen molar-refractivity contribution in [2.24, 2.45) is 0 Å². The molecule has 0 saturated heterocycles. The third-order valence-electron chi connectivity index (χ3n) is 2.69. The van der Waals surface area contributed by atoms with Gasteiger partial charge >= 0.3 is 5.97 Å². The first-order chi connectivity index (χ1) is 9.47. The Hall–Kier alpha value is -2.36. The molecule has 4 heteroatoms. The zero-order valence-corrected chi connectivity index (χ0v) is 11.8. The Morgan fingerprint density at radius 3 is 2.35 bits per heavy atom. The summed E-state index contributed by atoms with van der Waals surface area (Å²) in [6.45, 7) is 4.80. The largest absolute Gasteiger partial charge is 0.504 e. The van der Waals surface area contributed by atoms with Crippen LogP contribution in [0.25, 0.3) is 6.08 Å². The van der Waals surface area contributed by atoms with Crippen LogP contribution in [0.4, 0.5) is 0 Å². The number of aliphatic hydroxyl groups is 1. The third-order valence-corrected chi connectivity index (χ3v) is 2.69. The molecule has 0 amide bonds. The maximum atomic E-state index is 12.0. The van der Waals surface area contributed by atoms with Crippen LogP contribution < -0.4 is 0 Å². The van der Waals surface area contributed by atoms with Crippen molar-refractivity contribution in [3.05, 3.63) is 52.8 Å². The van der Waals surface area contributed by atoms with E-state index in [1.165, 1.54) is 6.92 Å². The molecule has 106 valence electrons. The van der Waals surface area contributed by atoms with Gasteiger partial charge in [-0.2, -0.15) is 0 Å². The number of ketones is 1. The molecule has 0 aliphatic heterocycles. The number of aliphatic hydroxyl groups excluding tert-OH is 1. The Kier molecular flexibility index (Phi) is 5.72. The fourth-order valence-corrected chi connectivity index (χ4v) is 1.56. The average Bonchev–Trinajstić information content (AvgIpc) is 2.46. The highest BCUT2D eigenvalue weighted by Gasteiger charge is 2.18. The van der Waals surface area contributed by atoms with E-state index >= 15 is 0 Å². The van der Waals surface area contributed by atoms with Gasteiger partial charge in [0, 0.05) is 5.57 Å². The minimum Gasteiger partial charge on any atom is -0.504 e. The zero-order valence-electron chi connectivity index (χ0n) is 11.8. The Labute approximate surface area is 118 Å². The smallest absolute Gasteiger partial charge is 0.337 e. The second-order valence-corrected chi connectivity index (χ2v) is 4.26. The topological polar surface area (TPSA) is 63.6 Å². The second kappa shape index (κ2) is 7.28. The lowest BCUT2D eigenvalue weighted by atomic mass is 10.1. The van der Waals surface area contributed by atoms with E-state index in [9.17, 15) is 14.7 Å². The summed E-state index contributed by atoms with van der Waals surface area (Å²) in [5, 5.41) is 9.82. The van der Waals surface area contributed by atoms with Crippen LogP contribution in [-0.2, 0) is 14.3 Å². The van der Waals surface area contributed by atoms with Gasteiger partial charge in [-0.1, -0.05) is 30.3 Å².